The number of piperazine rings is 1. The van der Waals surface area contributed by atoms with Gasteiger partial charge in [-0.15, -0.1) is 0 Å². The highest BCUT2D eigenvalue weighted by Crippen LogP contribution is 2.24. The van der Waals surface area contributed by atoms with Crippen molar-refractivity contribution >= 4 is 41.0 Å². The zero-order chi connectivity index (χ0) is 19.4. The lowest BCUT2D eigenvalue weighted by Gasteiger charge is -2.40. The van der Waals surface area contributed by atoms with Crippen LogP contribution < -0.4 is 4.90 Å². The molecule has 2 saturated heterocycles. The fraction of sp³-hybridized carbons (Fsp3) is 0.667. The van der Waals surface area contributed by atoms with Crippen molar-refractivity contribution in [1.29, 1.82) is 0 Å². The van der Waals surface area contributed by atoms with Crippen LogP contribution in [0, 0.1) is 0 Å². The van der Waals surface area contributed by atoms with Crippen LogP contribution in [0.4, 0.5) is 5.82 Å². The normalized spacial score (nSPS) is 20.7. The molecule has 0 bridgehead atoms. The van der Waals surface area contributed by atoms with Crippen LogP contribution in [0.15, 0.2) is 11.2 Å². The Morgan fingerprint density at radius 1 is 1.19 bits per heavy atom. The van der Waals surface area contributed by atoms with Crippen molar-refractivity contribution in [3.05, 3.63) is 11.2 Å². The predicted octanol–water partition coefficient (Wildman–Crippen LogP) is 2.29. The molecule has 0 aromatic carbocycles. The molecule has 0 radical (unpaired) electrons. The van der Waals surface area contributed by atoms with Crippen LogP contribution in [0.1, 0.15) is 33.1 Å². The molecule has 2 aliphatic heterocycles. The third kappa shape index (κ3) is 5.25. The lowest BCUT2D eigenvalue weighted by molar-refractivity contribution is -0.131. The lowest BCUT2D eigenvalue weighted by atomic mass is 10.1. The van der Waals surface area contributed by atoms with E-state index in [-0.39, 0.29) is 17.9 Å². The van der Waals surface area contributed by atoms with Crippen molar-refractivity contribution in [2.75, 3.05) is 43.4 Å². The van der Waals surface area contributed by atoms with E-state index in [1.165, 1.54) is 18.2 Å². The van der Waals surface area contributed by atoms with E-state index >= 15 is 0 Å². The molecular weight excluding hydrogens is 386 g/mol. The quantitative estimate of drug-likeness (QED) is 0.430. The molecule has 9 heteroatoms. The first-order valence-corrected chi connectivity index (χ1v) is 10.8. The maximum absolute atomic E-state index is 12.4. The highest BCUT2D eigenvalue weighted by Gasteiger charge is 2.26. The molecule has 148 valence electrons. The molecule has 0 saturated carbocycles. The summed E-state index contributed by atoms with van der Waals surface area (Å²) in [4.78, 5) is 38.8. The van der Waals surface area contributed by atoms with Crippen LogP contribution in [0.2, 0.25) is 5.15 Å². The van der Waals surface area contributed by atoms with Crippen molar-refractivity contribution in [3.63, 3.8) is 0 Å². The van der Waals surface area contributed by atoms with E-state index in [0.29, 0.717) is 35.7 Å². The molecule has 2 amide bonds. The van der Waals surface area contributed by atoms with Gasteiger partial charge in [-0.25, -0.2) is 9.97 Å². The fourth-order valence-corrected chi connectivity index (χ4v) is 4.59. The molecule has 7 nitrogen and oxygen atoms in total. The first-order valence-electron chi connectivity index (χ1n) is 9.41. The van der Waals surface area contributed by atoms with Crippen molar-refractivity contribution < 1.29 is 9.59 Å². The van der Waals surface area contributed by atoms with E-state index in [4.69, 9.17) is 11.6 Å². The maximum Gasteiger partial charge on any atom is 0.233 e. The Balaban J connectivity index is 1.62. The number of hydrogen-bond donors (Lipinski definition) is 0. The average Bonchev–Trinajstić information content (AvgIpc) is 2.66. The number of amides is 2. The second kappa shape index (κ2) is 9.10. The molecule has 2 fully saturated rings. The molecular formula is C18H26ClN5O2S. The first-order chi connectivity index (χ1) is 12.9. The van der Waals surface area contributed by atoms with E-state index in [1.807, 2.05) is 16.7 Å². The van der Waals surface area contributed by atoms with Gasteiger partial charge < -0.3 is 14.7 Å². The van der Waals surface area contributed by atoms with E-state index in [1.54, 1.807) is 13.0 Å². The third-order valence-corrected chi connectivity index (χ3v) is 6.08. The topological polar surface area (TPSA) is 69.6 Å². The zero-order valence-electron chi connectivity index (χ0n) is 15.9. The van der Waals surface area contributed by atoms with Crippen molar-refractivity contribution in [2.45, 2.75) is 44.3 Å². The summed E-state index contributed by atoms with van der Waals surface area (Å²) < 4.78 is 0. The molecule has 3 heterocycles. The van der Waals surface area contributed by atoms with Gasteiger partial charge in [-0.1, -0.05) is 23.4 Å². The smallest absolute Gasteiger partial charge is 0.233 e. The summed E-state index contributed by atoms with van der Waals surface area (Å²) >= 11 is 7.53. The minimum Gasteiger partial charge on any atom is -0.353 e. The summed E-state index contributed by atoms with van der Waals surface area (Å²) in [5, 5.41) is 0.888. The Bertz CT molecular complexity index is 698. The molecule has 0 spiro atoms. The van der Waals surface area contributed by atoms with Crippen LogP contribution >= 0.6 is 23.4 Å². The first kappa shape index (κ1) is 20.2. The van der Waals surface area contributed by atoms with Crippen molar-refractivity contribution in [3.8, 4) is 0 Å². The number of carbonyl (C=O) groups is 2. The number of hydrogen-bond acceptors (Lipinski definition) is 6. The largest absolute Gasteiger partial charge is 0.353 e. The molecule has 0 aliphatic carbocycles. The van der Waals surface area contributed by atoms with Gasteiger partial charge in [0.15, 0.2) is 5.16 Å². The molecule has 1 atom stereocenters. The highest BCUT2D eigenvalue weighted by atomic mass is 35.5. The van der Waals surface area contributed by atoms with E-state index < -0.39 is 0 Å². The van der Waals surface area contributed by atoms with Gasteiger partial charge in [-0.05, 0) is 26.2 Å². The molecule has 1 aromatic heterocycles. The molecule has 27 heavy (non-hydrogen) atoms. The van der Waals surface area contributed by atoms with Crippen LogP contribution in [0.3, 0.4) is 0 Å². The van der Waals surface area contributed by atoms with E-state index in [0.717, 1.165) is 31.7 Å². The summed E-state index contributed by atoms with van der Waals surface area (Å²) in [6, 6.07) is 1.86. The summed E-state index contributed by atoms with van der Waals surface area (Å²) in [6.07, 6.45) is 3.37. The van der Waals surface area contributed by atoms with Gasteiger partial charge in [0, 0.05) is 51.8 Å². The summed E-state index contributed by atoms with van der Waals surface area (Å²) in [6.45, 7) is 7.38. The Labute approximate surface area is 169 Å². The predicted molar refractivity (Wildman–Crippen MR) is 107 cm³/mol. The van der Waals surface area contributed by atoms with E-state index in [9.17, 15) is 9.59 Å². The number of likely N-dealkylation sites (tertiary alicyclic amines) is 1. The second-order valence-corrected chi connectivity index (χ2v) is 8.40. The minimum atomic E-state index is 0.0929. The van der Waals surface area contributed by atoms with Crippen LogP contribution in [0.25, 0.3) is 0 Å². The van der Waals surface area contributed by atoms with Gasteiger partial charge >= 0.3 is 0 Å². The maximum atomic E-state index is 12.4. The standard InChI is InChI=1S/C18H26ClN5O2S/c1-13-11-23(8-9-24(13)14(2)25)16-10-15(19)20-18(21-16)27-12-17(26)22-6-4-3-5-7-22/h10,13H,3-9,11-12H2,1-2H3/t13-/m1/s1. The molecule has 3 rings (SSSR count). The number of halogens is 1. The van der Waals surface area contributed by atoms with E-state index in [2.05, 4.69) is 14.9 Å². The minimum absolute atomic E-state index is 0.0929. The highest BCUT2D eigenvalue weighted by molar-refractivity contribution is 7.99. The molecule has 1 aromatic rings. The van der Waals surface area contributed by atoms with Gasteiger partial charge in [0.25, 0.3) is 0 Å². The van der Waals surface area contributed by atoms with Gasteiger partial charge in [-0.2, -0.15) is 0 Å². The van der Waals surface area contributed by atoms with Crippen LogP contribution in [0.5, 0.6) is 0 Å². The van der Waals surface area contributed by atoms with Gasteiger partial charge in [0.1, 0.15) is 11.0 Å². The summed E-state index contributed by atoms with van der Waals surface area (Å²) in [7, 11) is 0. The van der Waals surface area contributed by atoms with Gasteiger partial charge in [-0.3, -0.25) is 9.59 Å². The third-order valence-electron chi connectivity index (χ3n) is 5.05. The summed E-state index contributed by atoms with van der Waals surface area (Å²) in [5.41, 5.74) is 0. The molecule has 0 unspecified atom stereocenters. The number of thioether (sulfide) groups is 1. The summed E-state index contributed by atoms with van der Waals surface area (Å²) in [5.74, 6) is 1.30. The molecule has 0 N–H and O–H groups in total. The lowest BCUT2D eigenvalue weighted by Crippen LogP contribution is -2.53. The Kier molecular flexibility index (Phi) is 6.81. The number of piperidine rings is 1. The van der Waals surface area contributed by atoms with Crippen molar-refractivity contribution in [1.82, 2.24) is 19.8 Å². The molecule has 2 aliphatic rings. The fourth-order valence-electron chi connectivity index (χ4n) is 3.61. The number of aromatic nitrogens is 2. The van der Waals surface area contributed by atoms with Crippen LogP contribution in [-0.2, 0) is 9.59 Å². The van der Waals surface area contributed by atoms with Crippen LogP contribution in [-0.4, -0.2) is 76.1 Å². The number of nitrogens with zero attached hydrogens (tertiary/aromatic N) is 5. The monoisotopic (exact) mass is 411 g/mol. The van der Waals surface area contributed by atoms with Gasteiger partial charge in [0.2, 0.25) is 11.8 Å². The second-order valence-electron chi connectivity index (χ2n) is 7.07. The van der Waals surface area contributed by atoms with Gasteiger partial charge in [0.05, 0.1) is 5.75 Å². The number of anilines is 1. The average molecular weight is 412 g/mol. The van der Waals surface area contributed by atoms with Crippen molar-refractivity contribution in [2.24, 2.45) is 0 Å². The number of rotatable bonds is 4. The Morgan fingerprint density at radius 3 is 2.59 bits per heavy atom. The number of carbonyl (C=O) groups excluding carboxylic acids is 2. The zero-order valence-corrected chi connectivity index (χ0v) is 17.4. The Morgan fingerprint density at radius 2 is 1.93 bits per heavy atom. The SMILES string of the molecule is CC(=O)N1CCN(c2cc(Cl)nc(SCC(=O)N3CCCCC3)n2)C[C@H]1C. The Hall–Kier alpha value is -1.54.